The largest absolute Gasteiger partial charge is 0.398 e. The van der Waals surface area contributed by atoms with Crippen LogP contribution in [0.4, 0.5) is 11.4 Å². The predicted molar refractivity (Wildman–Crippen MR) is 107 cm³/mol. The van der Waals surface area contributed by atoms with Gasteiger partial charge in [-0.2, -0.15) is 0 Å². The summed E-state index contributed by atoms with van der Waals surface area (Å²) in [6.07, 6.45) is 9.62. The van der Waals surface area contributed by atoms with E-state index in [2.05, 4.69) is 15.9 Å². The van der Waals surface area contributed by atoms with Crippen molar-refractivity contribution < 1.29 is 4.79 Å². The molecule has 1 aromatic carbocycles. The number of likely N-dealkylation sites (tertiary alicyclic amines) is 1. The highest BCUT2D eigenvalue weighted by Crippen LogP contribution is 2.35. The van der Waals surface area contributed by atoms with Gasteiger partial charge in [-0.3, -0.25) is 4.79 Å². The van der Waals surface area contributed by atoms with Crippen LogP contribution in [0, 0.1) is 11.8 Å². The fraction of sp³-hybridized carbons (Fsp3) is 0.667. The van der Waals surface area contributed by atoms with Crippen LogP contribution in [0.2, 0.25) is 5.02 Å². The lowest BCUT2D eigenvalue weighted by Crippen LogP contribution is -2.43. The topological polar surface area (TPSA) is 49.6 Å². The van der Waals surface area contributed by atoms with Gasteiger partial charge in [0.2, 0.25) is 5.91 Å². The van der Waals surface area contributed by atoms with E-state index in [1.807, 2.05) is 12.1 Å². The van der Waals surface area contributed by atoms with Gasteiger partial charge in [0.15, 0.2) is 0 Å². The van der Waals surface area contributed by atoms with E-state index < -0.39 is 0 Å². The third-order valence-corrected chi connectivity index (χ3v) is 6.94. The van der Waals surface area contributed by atoms with Gasteiger partial charge in [-0.05, 0) is 56.2 Å². The Morgan fingerprint density at radius 1 is 1.15 bits per heavy atom. The highest BCUT2D eigenvalue weighted by molar-refractivity contribution is 6.33. The molecule has 1 amide bonds. The molecule has 4 rings (SSSR count). The van der Waals surface area contributed by atoms with Gasteiger partial charge in [-0.25, -0.2) is 0 Å². The minimum Gasteiger partial charge on any atom is -0.398 e. The number of carbonyl (C=O) groups is 1. The normalized spacial score (nSPS) is 24.0. The van der Waals surface area contributed by atoms with Crippen molar-refractivity contribution in [2.45, 2.75) is 57.4 Å². The molecule has 2 saturated carbocycles. The molecule has 142 valence electrons. The van der Waals surface area contributed by atoms with Crippen LogP contribution in [0.25, 0.3) is 0 Å². The Kier molecular flexibility index (Phi) is 5.30. The van der Waals surface area contributed by atoms with Crippen LogP contribution >= 0.6 is 11.6 Å². The van der Waals surface area contributed by atoms with Crippen molar-refractivity contribution in [1.82, 2.24) is 4.90 Å². The second kappa shape index (κ2) is 7.67. The quantitative estimate of drug-likeness (QED) is 0.779. The maximum Gasteiger partial charge on any atom is 0.225 e. The van der Waals surface area contributed by atoms with Gasteiger partial charge in [0, 0.05) is 37.3 Å². The third-order valence-electron chi connectivity index (χ3n) is 6.62. The van der Waals surface area contributed by atoms with Gasteiger partial charge in [0.1, 0.15) is 0 Å². The zero-order chi connectivity index (χ0) is 18.1. The second-order valence-electron chi connectivity index (χ2n) is 8.36. The van der Waals surface area contributed by atoms with Crippen molar-refractivity contribution in [3.63, 3.8) is 0 Å². The fourth-order valence-electron chi connectivity index (χ4n) is 4.74. The molecule has 3 fully saturated rings. The summed E-state index contributed by atoms with van der Waals surface area (Å²) >= 11 is 6.30. The summed E-state index contributed by atoms with van der Waals surface area (Å²) in [4.78, 5) is 17.4. The van der Waals surface area contributed by atoms with Crippen LogP contribution in [-0.2, 0) is 4.79 Å². The molecule has 0 spiro atoms. The molecular weight excluding hydrogens is 346 g/mol. The van der Waals surface area contributed by atoms with Crippen LogP contribution in [0.5, 0.6) is 0 Å². The minimum atomic E-state index is 0.278. The van der Waals surface area contributed by atoms with Gasteiger partial charge in [-0.15, -0.1) is 0 Å². The molecule has 26 heavy (non-hydrogen) atoms. The number of nitrogens with two attached hydrogens (primary N) is 1. The van der Waals surface area contributed by atoms with Gasteiger partial charge in [-0.1, -0.05) is 30.9 Å². The van der Waals surface area contributed by atoms with Crippen LogP contribution in [0.15, 0.2) is 18.2 Å². The van der Waals surface area contributed by atoms with Crippen molar-refractivity contribution in [1.29, 1.82) is 0 Å². The number of anilines is 2. The Hall–Kier alpha value is -1.42. The van der Waals surface area contributed by atoms with Crippen molar-refractivity contribution >= 4 is 28.9 Å². The Labute approximate surface area is 161 Å². The van der Waals surface area contributed by atoms with Gasteiger partial charge in [0.25, 0.3) is 0 Å². The maximum absolute atomic E-state index is 12.8. The van der Waals surface area contributed by atoms with Crippen molar-refractivity contribution in [3.05, 3.63) is 23.2 Å². The van der Waals surface area contributed by atoms with E-state index in [1.54, 1.807) is 0 Å². The summed E-state index contributed by atoms with van der Waals surface area (Å²) in [6, 6.07) is 6.38. The summed E-state index contributed by atoms with van der Waals surface area (Å²) in [5, 5.41) is 0.623. The zero-order valence-electron chi connectivity index (χ0n) is 15.5. The van der Waals surface area contributed by atoms with Crippen molar-refractivity contribution in [3.8, 4) is 0 Å². The smallest absolute Gasteiger partial charge is 0.225 e. The molecule has 2 N–H and O–H groups in total. The van der Waals surface area contributed by atoms with E-state index in [1.165, 1.54) is 32.1 Å². The lowest BCUT2D eigenvalue weighted by molar-refractivity contribution is -0.134. The van der Waals surface area contributed by atoms with Crippen LogP contribution in [-0.4, -0.2) is 36.5 Å². The molecule has 1 heterocycles. The molecule has 1 aromatic rings. The van der Waals surface area contributed by atoms with Crippen molar-refractivity contribution in [2.24, 2.45) is 11.8 Å². The molecule has 3 aliphatic rings. The number of halogens is 1. The van der Waals surface area contributed by atoms with Crippen molar-refractivity contribution in [2.75, 3.05) is 30.3 Å². The molecular formula is C21H30ClN3O. The Balaban J connectivity index is 1.48. The molecule has 4 nitrogen and oxygen atoms in total. The van der Waals surface area contributed by atoms with Crippen LogP contribution in [0.3, 0.4) is 0 Å². The average Bonchev–Trinajstić information content (AvgIpc) is 3.28. The van der Waals surface area contributed by atoms with Crippen LogP contribution < -0.4 is 10.6 Å². The lowest BCUT2D eigenvalue weighted by Gasteiger charge is -2.38. The van der Waals surface area contributed by atoms with Gasteiger partial charge in [0.05, 0.1) is 10.7 Å². The monoisotopic (exact) mass is 375 g/mol. The van der Waals surface area contributed by atoms with E-state index in [4.69, 9.17) is 17.3 Å². The molecule has 0 bridgehead atoms. The molecule has 1 aliphatic heterocycles. The number of rotatable bonds is 5. The highest BCUT2D eigenvalue weighted by Gasteiger charge is 2.35. The summed E-state index contributed by atoms with van der Waals surface area (Å²) in [6.45, 7) is 2.81. The first kappa shape index (κ1) is 18.0. The molecule has 1 saturated heterocycles. The number of benzene rings is 1. The lowest BCUT2D eigenvalue weighted by atomic mass is 9.84. The first-order valence-corrected chi connectivity index (χ1v) is 10.6. The number of hydrogen-bond donors (Lipinski definition) is 1. The molecule has 1 unspecified atom stereocenters. The van der Waals surface area contributed by atoms with Gasteiger partial charge < -0.3 is 15.5 Å². The number of nitrogen functional groups attached to an aromatic ring is 1. The average molecular weight is 376 g/mol. The van der Waals surface area contributed by atoms with E-state index in [-0.39, 0.29) is 5.92 Å². The molecule has 0 aromatic heterocycles. The maximum atomic E-state index is 12.8. The number of carbonyl (C=O) groups excluding carboxylic acids is 1. The third kappa shape index (κ3) is 3.66. The highest BCUT2D eigenvalue weighted by atomic mass is 35.5. The van der Waals surface area contributed by atoms with Crippen LogP contribution in [0.1, 0.15) is 51.4 Å². The van der Waals surface area contributed by atoms with E-state index in [0.29, 0.717) is 22.7 Å². The number of amides is 1. The standard InChI is InChI=1S/C21H30ClN3O/c22-19-12-17(8-9-20(19)23)25(13-15-4-3-5-15)18-10-11-24(14-18)21(26)16-6-1-2-7-16/h8-9,12,15-16,18H,1-7,10-11,13-14,23H2. The number of hydrogen-bond acceptors (Lipinski definition) is 3. The SMILES string of the molecule is Nc1ccc(N(CC2CCC2)C2CCN(C(=O)C3CCCC3)C2)cc1Cl. The Morgan fingerprint density at radius 2 is 1.92 bits per heavy atom. The molecule has 0 radical (unpaired) electrons. The summed E-state index contributed by atoms with van der Waals surface area (Å²) < 4.78 is 0. The second-order valence-corrected chi connectivity index (χ2v) is 8.77. The molecule has 1 atom stereocenters. The summed E-state index contributed by atoms with van der Waals surface area (Å²) in [5.41, 5.74) is 7.69. The Bertz CT molecular complexity index is 655. The minimum absolute atomic E-state index is 0.278. The number of nitrogens with zero attached hydrogens (tertiary/aromatic N) is 2. The fourth-order valence-corrected chi connectivity index (χ4v) is 4.92. The Morgan fingerprint density at radius 3 is 2.58 bits per heavy atom. The summed E-state index contributed by atoms with van der Waals surface area (Å²) in [5.74, 6) is 1.44. The molecule has 2 aliphatic carbocycles. The first-order chi connectivity index (χ1) is 12.6. The van der Waals surface area contributed by atoms with E-state index in [9.17, 15) is 4.79 Å². The van der Waals surface area contributed by atoms with E-state index >= 15 is 0 Å². The predicted octanol–water partition coefficient (Wildman–Crippen LogP) is 4.32. The van der Waals surface area contributed by atoms with Gasteiger partial charge >= 0.3 is 0 Å². The summed E-state index contributed by atoms with van der Waals surface area (Å²) in [7, 11) is 0. The molecule has 5 heteroatoms. The first-order valence-electron chi connectivity index (χ1n) is 10.2. The van der Waals surface area contributed by atoms with E-state index in [0.717, 1.165) is 50.5 Å². The zero-order valence-corrected chi connectivity index (χ0v) is 16.3.